The number of methoxy groups -OCH3 is 1. The van der Waals surface area contributed by atoms with Crippen LogP contribution in [0.3, 0.4) is 0 Å². The highest BCUT2D eigenvalue weighted by atomic mass is 16.6. The second kappa shape index (κ2) is 6.29. The van der Waals surface area contributed by atoms with Crippen molar-refractivity contribution in [2.45, 2.75) is 0 Å². The lowest BCUT2D eigenvalue weighted by atomic mass is 10.2. The van der Waals surface area contributed by atoms with E-state index in [2.05, 4.69) is 4.65 Å². The summed E-state index contributed by atoms with van der Waals surface area (Å²) in [6, 6.07) is 6.25. The summed E-state index contributed by atoms with van der Waals surface area (Å²) in [4.78, 5) is 0. The van der Waals surface area contributed by atoms with Gasteiger partial charge in [-0.25, -0.2) is 0 Å². The third-order valence-electron chi connectivity index (χ3n) is 1.61. The summed E-state index contributed by atoms with van der Waals surface area (Å²) in [5, 5.41) is 20.3. The number of hydrogen-bond donors (Lipinski definition) is 0. The average molecular weight is 210 g/mol. The molecule has 1 aromatic rings. The molecule has 0 heterocycles. The minimum absolute atomic E-state index is 0.240. The van der Waals surface area contributed by atoms with Crippen LogP contribution in [0.1, 0.15) is 0 Å². The van der Waals surface area contributed by atoms with Gasteiger partial charge in [-0.1, -0.05) is 0 Å². The van der Waals surface area contributed by atoms with Crippen molar-refractivity contribution in [1.82, 2.24) is 0 Å². The zero-order valence-electron chi connectivity index (χ0n) is 8.34. The van der Waals surface area contributed by atoms with Crippen LogP contribution < -0.4 is 19.4 Å². The Morgan fingerprint density at radius 1 is 1.07 bits per heavy atom. The van der Waals surface area contributed by atoms with Crippen LogP contribution in [-0.2, 0) is 4.74 Å². The first kappa shape index (κ1) is 11.8. The second-order valence-corrected chi connectivity index (χ2v) is 2.72. The SMILES string of the molecule is COCCOc1ccc(OB([O-])[O-])cc1. The van der Waals surface area contributed by atoms with Gasteiger partial charge >= 0.3 is 0 Å². The second-order valence-electron chi connectivity index (χ2n) is 2.72. The molecule has 0 spiro atoms. The van der Waals surface area contributed by atoms with Gasteiger partial charge in [0.05, 0.1) is 12.4 Å². The Morgan fingerprint density at radius 3 is 2.20 bits per heavy atom. The fraction of sp³-hybridized carbons (Fsp3) is 0.333. The van der Waals surface area contributed by atoms with E-state index in [1.165, 1.54) is 12.1 Å². The lowest BCUT2D eigenvalue weighted by Gasteiger charge is -2.26. The molecule has 0 atom stereocenters. The van der Waals surface area contributed by atoms with Gasteiger partial charge in [0.25, 0.3) is 0 Å². The molecule has 0 aliphatic rings. The van der Waals surface area contributed by atoms with E-state index in [4.69, 9.17) is 9.47 Å². The van der Waals surface area contributed by atoms with Gasteiger partial charge in [0, 0.05) is 7.11 Å². The summed E-state index contributed by atoms with van der Waals surface area (Å²) in [7, 11) is -0.714. The Morgan fingerprint density at radius 2 is 1.67 bits per heavy atom. The molecule has 0 aliphatic heterocycles. The van der Waals surface area contributed by atoms with Gasteiger partial charge in [-0.15, -0.1) is 0 Å². The first-order chi connectivity index (χ1) is 7.22. The van der Waals surface area contributed by atoms with Crippen molar-refractivity contribution in [3.05, 3.63) is 24.3 Å². The van der Waals surface area contributed by atoms with Crippen LogP contribution >= 0.6 is 0 Å². The highest BCUT2D eigenvalue weighted by Crippen LogP contribution is 2.17. The van der Waals surface area contributed by atoms with Gasteiger partial charge in [-0.3, -0.25) is 0 Å². The molecule has 0 saturated carbocycles. The van der Waals surface area contributed by atoms with E-state index in [0.29, 0.717) is 19.0 Å². The third-order valence-corrected chi connectivity index (χ3v) is 1.61. The lowest BCUT2D eigenvalue weighted by Crippen LogP contribution is -2.50. The predicted molar refractivity (Wildman–Crippen MR) is 50.2 cm³/mol. The summed E-state index contributed by atoms with van der Waals surface area (Å²) in [5.74, 6) is 0.872. The molecule has 0 N–H and O–H groups in total. The van der Waals surface area contributed by atoms with E-state index in [1.807, 2.05) is 0 Å². The maximum absolute atomic E-state index is 10.2. The molecule has 0 saturated heterocycles. The molecule has 1 aromatic carbocycles. The number of ether oxygens (including phenoxy) is 2. The van der Waals surface area contributed by atoms with Crippen molar-refractivity contribution in [2.24, 2.45) is 0 Å². The van der Waals surface area contributed by atoms with Gasteiger partial charge in [-0.05, 0) is 24.3 Å². The average Bonchev–Trinajstić information content (AvgIpc) is 2.20. The lowest BCUT2D eigenvalue weighted by molar-refractivity contribution is -0.372. The minimum atomic E-state index is -2.30. The molecule has 0 aliphatic carbocycles. The van der Waals surface area contributed by atoms with Gasteiger partial charge in [0.2, 0.25) is 0 Å². The predicted octanol–water partition coefficient (Wildman–Crippen LogP) is -1.20. The van der Waals surface area contributed by atoms with E-state index < -0.39 is 7.32 Å². The Balaban J connectivity index is 2.42. The van der Waals surface area contributed by atoms with E-state index in [9.17, 15) is 10.0 Å². The topological polar surface area (TPSA) is 73.8 Å². The molecule has 0 radical (unpaired) electrons. The normalized spacial score (nSPS) is 9.80. The number of rotatable bonds is 6. The van der Waals surface area contributed by atoms with Gasteiger partial charge < -0.3 is 24.2 Å². The quantitative estimate of drug-likeness (QED) is 0.435. The van der Waals surface area contributed by atoms with Crippen molar-refractivity contribution in [1.29, 1.82) is 0 Å². The largest absolute Gasteiger partial charge is 0.860 e. The summed E-state index contributed by atoms with van der Waals surface area (Å²) >= 11 is 0. The highest BCUT2D eigenvalue weighted by molar-refractivity contribution is 6.29. The molecular formula is C9H11BO5-2. The van der Waals surface area contributed by atoms with Crippen molar-refractivity contribution in [3.63, 3.8) is 0 Å². The minimum Gasteiger partial charge on any atom is -0.860 e. The molecule has 15 heavy (non-hydrogen) atoms. The van der Waals surface area contributed by atoms with Gasteiger partial charge in [-0.2, -0.15) is 0 Å². The maximum atomic E-state index is 10.2. The summed E-state index contributed by atoms with van der Waals surface area (Å²) in [5.41, 5.74) is 0. The van der Waals surface area contributed by atoms with Crippen LogP contribution in [-0.4, -0.2) is 27.6 Å². The van der Waals surface area contributed by atoms with Crippen molar-refractivity contribution < 1.29 is 24.2 Å². The van der Waals surface area contributed by atoms with Crippen molar-refractivity contribution in [2.75, 3.05) is 20.3 Å². The fourth-order valence-electron chi connectivity index (χ4n) is 0.968. The molecule has 6 heteroatoms. The standard InChI is InChI=1S/C9H11BO5/c1-13-6-7-14-8-2-4-9(5-3-8)15-10(11)12/h2-5H,6-7H2,1H3/q-2. The third kappa shape index (κ3) is 4.69. The Kier molecular flexibility index (Phi) is 4.96. The molecule has 1 rings (SSSR count). The van der Waals surface area contributed by atoms with Crippen LogP contribution in [0.4, 0.5) is 0 Å². The molecule has 0 fully saturated rings. The van der Waals surface area contributed by atoms with Gasteiger partial charge in [0.15, 0.2) is 0 Å². The number of benzene rings is 1. The Labute approximate surface area is 88.4 Å². The van der Waals surface area contributed by atoms with E-state index in [1.54, 1.807) is 19.2 Å². The van der Waals surface area contributed by atoms with Gasteiger partial charge in [0.1, 0.15) is 19.7 Å². The Hall–Kier alpha value is -1.24. The molecular weight excluding hydrogens is 199 g/mol. The summed E-state index contributed by atoms with van der Waals surface area (Å²) in [6.07, 6.45) is 0. The first-order valence-corrected chi connectivity index (χ1v) is 4.42. The van der Waals surface area contributed by atoms with E-state index in [0.717, 1.165) is 0 Å². The van der Waals surface area contributed by atoms with Crippen molar-refractivity contribution in [3.8, 4) is 11.5 Å². The zero-order chi connectivity index (χ0) is 11.1. The summed E-state index contributed by atoms with van der Waals surface area (Å²) < 4.78 is 14.5. The first-order valence-electron chi connectivity index (χ1n) is 4.42. The van der Waals surface area contributed by atoms with Crippen LogP contribution in [0.25, 0.3) is 0 Å². The number of hydrogen-bond acceptors (Lipinski definition) is 5. The van der Waals surface area contributed by atoms with Crippen molar-refractivity contribution >= 4 is 7.32 Å². The fourth-order valence-corrected chi connectivity index (χ4v) is 0.968. The molecule has 82 valence electrons. The Bertz CT molecular complexity index is 274. The monoisotopic (exact) mass is 210 g/mol. The summed E-state index contributed by atoms with van der Waals surface area (Å²) in [6.45, 7) is 0.948. The van der Waals surface area contributed by atoms with Crippen LogP contribution in [0.5, 0.6) is 11.5 Å². The van der Waals surface area contributed by atoms with E-state index >= 15 is 0 Å². The highest BCUT2D eigenvalue weighted by Gasteiger charge is 1.94. The molecule has 0 amide bonds. The molecule has 0 bridgehead atoms. The van der Waals surface area contributed by atoms with Crippen LogP contribution in [0.15, 0.2) is 24.3 Å². The zero-order valence-corrected chi connectivity index (χ0v) is 8.34. The molecule has 0 aromatic heterocycles. The smallest absolute Gasteiger partial charge is 0.133 e. The van der Waals surface area contributed by atoms with Crippen LogP contribution in [0, 0.1) is 0 Å². The molecule has 0 unspecified atom stereocenters. The van der Waals surface area contributed by atoms with E-state index in [-0.39, 0.29) is 5.75 Å². The maximum Gasteiger partial charge on any atom is 0.133 e. The molecule has 5 nitrogen and oxygen atoms in total. The van der Waals surface area contributed by atoms with Crippen LogP contribution in [0.2, 0.25) is 0 Å².